The summed E-state index contributed by atoms with van der Waals surface area (Å²) in [6.07, 6.45) is 10.3. The van der Waals surface area contributed by atoms with Crippen LogP contribution in [0.1, 0.15) is 45.4 Å². The maximum absolute atomic E-state index is 12.8. The van der Waals surface area contributed by atoms with Crippen molar-refractivity contribution in [1.82, 2.24) is 25.3 Å². The van der Waals surface area contributed by atoms with Crippen molar-refractivity contribution in [2.45, 2.75) is 51.5 Å². The van der Waals surface area contributed by atoms with Gasteiger partial charge in [-0.2, -0.15) is 5.10 Å². The Balaban J connectivity index is 1.66. The highest BCUT2D eigenvalue weighted by atomic mass is 16.2. The molecule has 0 spiro atoms. The number of nitrogens with zero attached hydrogens (tertiary/aromatic N) is 5. The highest BCUT2D eigenvalue weighted by Gasteiger charge is 2.42. The van der Waals surface area contributed by atoms with E-state index in [9.17, 15) is 4.79 Å². The van der Waals surface area contributed by atoms with Gasteiger partial charge in [-0.25, -0.2) is 0 Å². The van der Waals surface area contributed by atoms with E-state index in [0.29, 0.717) is 12.6 Å². The number of nitrogens with one attached hydrogen (secondary N) is 2. The molecule has 8 heteroatoms. The lowest BCUT2D eigenvalue weighted by Gasteiger charge is -2.35. The van der Waals surface area contributed by atoms with Crippen molar-refractivity contribution in [1.29, 1.82) is 0 Å². The van der Waals surface area contributed by atoms with Gasteiger partial charge in [0.05, 0.1) is 23.8 Å². The van der Waals surface area contributed by atoms with Crippen LogP contribution in [0.25, 0.3) is 0 Å². The molecule has 1 aliphatic heterocycles. The number of hydrogen-bond acceptors (Lipinski definition) is 4. The lowest BCUT2D eigenvalue weighted by molar-refractivity contribution is -0.138. The van der Waals surface area contributed by atoms with Gasteiger partial charge < -0.3 is 20.4 Å². The molecule has 1 aliphatic carbocycles. The van der Waals surface area contributed by atoms with Gasteiger partial charge in [-0.15, -0.1) is 0 Å². The third-order valence-electron chi connectivity index (χ3n) is 6.12. The number of rotatable bonds is 6. The van der Waals surface area contributed by atoms with Crippen molar-refractivity contribution in [3.63, 3.8) is 0 Å². The molecule has 162 valence electrons. The van der Waals surface area contributed by atoms with E-state index in [1.807, 2.05) is 32.0 Å². The van der Waals surface area contributed by atoms with Gasteiger partial charge in [-0.3, -0.25) is 14.5 Å². The number of aryl methyl sites for hydroxylation is 1. The maximum Gasteiger partial charge on any atom is 0.230 e. The number of anilines is 1. The fraction of sp³-hybridized carbons (Fsp3) is 0.762. The third kappa shape index (κ3) is 5.22. The molecule has 1 amide bonds. The molecule has 0 aromatic carbocycles. The van der Waals surface area contributed by atoms with Crippen molar-refractivity contribution in [3.8, 4) is 0 Å². The van der Waals surface area contributed by atoms with Gasteiger partial charge in [0, 0.05) is 53.0 Å². The van der Waals surface area contributed by atoms with E-state index in [-0.39, 0.29) is 11.3 Å². The largest absolute Gasteiger partial charge is 0.367 e. The zero-order valence-corrected chi connectivity index (χ0v) is 18.4. The lowest BCUT2D eigenvalue weighted by Crippen LogP contribution is -2.51. The Kier molecular flexibility index (Phi) is 7.03. The lowest BCUT2D eigenvalue weighted by atomic mass is 9.85. The molecule has 1 unspecified atom stereocenters. The van der Waals surface area contributed by atoms with Crippen LogP contribution in [0.2, 0.25) is 0 Å². The Hall–Kier alpha value is -2.25. The van der Waals surface area contributed by atoms with Crippen molar-refractivity contribution < 1.29 is 4.79 Å². The van der Waals surface area contributed by atoms with Gasteiger partial charge in [-0.1, -0.05) is 12.8 Å². The summed E-state index contributed by atoms with van der Waals surface area (Å²) in [5.74, 6) is 1.04. The minimum absolute atomic E-state index is 0.218. The molecule has 1 aromatic heterocycles. The standard InChI is InChI=1S/C21H37N7O/c1-5-22-20(23-16-21(10-6-7-11-21)19(29)26(2)3)25-17-9-8-12-28(14-17)18-13-24-27(4)15-18/h13,15,17H,5-12,14,16H2,1-4H3,(H2,22,23,25). The van der Waals surface area contributed by atoms with Crippen molar-refractivity contribution >= 4 is 17.6 Å². The summed E-state index contributed by atoms with van der Waals surface area (Å²) < 4.78 is 1.85. The van der Waals surface area contributed by atoms with E-state index in [1.54, 1.807) is 4.90 Å². The van der Waals surface area contributed by atoms with E-state index in [2.05, 4.69) is 33.8 Å². The number of guanidine groups is 1. The number of amides is 1. The zero-order chi connectivity index (χ0) is 20.9. The van der Waals surface area contributed by atoms with Gasteiger partial charge in [0.25, 0.3) is 0 Å². The predicted octanol–water partition coefficient (Wildman–Crippen LogP) is 1.59. The average Bonchev–Trinajstić information content (AvgIpc) is 3.36. The van der Waals surface area contributed by atoms with Crippen LogP contribution in [-0.2, 0) is 11.8 Å². The third-order valence-corrected chi connectivity index (χ3v) is 6.12. The second-order valence-electron chi connectivity index (χ2n) is 8.68. The molecular formula is C21H37N7O. The Bertz CT molecular complexity index is 706. The Morgan fingerprint density at radius 3 is 2.72 bits per heavy atom. The Labute approximate surface area is 174 Å². The van der Waals surface area contributed by atoms with Gasteiger partial charge in [0.15, 0.2) is 5.96 Å². The summed E-state index contributed by atoms with van der Waals surface area (Å²) in [5, 5.41) is 11.3. The molecule has 2 fully saturated rings. The number of piperidine rings is 1. The smallest absolute Gasteiger partial charge is 0.230 e. The van der Waals surface area contributed by atoms with Crippen LogP contribution in [0, 0.1) is 5.41 Å². The Morgan fingerprint density at radius 2 is 2.10 bits per heavy atom. The number of carbonyl (C=O) groups excluding carboxylic acids is 1. The van der Waals surface area contributed by atoms with E-state index in [1.165, 1.54) is 5.69 Å². The summed E-state index contributed by atoms with van der Waals surface area (Å²) in [7, 11) is 5.65. The van der Waals surface area contributed by atoms with Gasteiger partial charge >= 0.3 is 0 Å². The highest BCUT2D eigenvalue weighted by molar-refractivity contribution is 5.84. The van der Waals surface area contributed by atoms with E-state index < -0.39 is 0 Å². The predicted molar refractivity (Wildman–Crippen MR) is 117 cm³/mol. The summed E-state index contributed by atoms with van der Waals surface area (Å²) in [5.41, 5.74) is 0.836. The first kappa shape index (κ1) is 21.5. The summed E-state index contributed by atoms with van der Waals surface area (Å²) in [4.78, 5) is 21.8. The van der Waals surface area contributed by atoms with Gasteiger partial charge in [0.1, 0.15) is 0 Å². The molecule has 0 radical (unpaired) electrons. The average molecular weight is 404 g/mol. The molecule has 1 atom stereocenters. The number of hydrogen-bond donors (Lipinski definition) is 2. The van der Waals surface area contributed by atoms with Crippen LogP contribution in [0.15, 0.2) is 17.4 Å². The summed E-state index contributed by atoms with van der Waals surface area (Å²) in [6, 6.07) is 0.325. The van der Waals surface area contributed by atoms with Crippen LogP contribution in [0.5, 0.6) is 0 Å². The van der Waals surface area contributed by atoms with E-state index in [0.717, 1.165) is 64.1 Å². The molecule has 1 saturated carbocycles. The minimum atomic E-state index is -0.333. The van der Waals surface area contributed by atoms with Crippen molar-refractivity contribution in [2.24, 2.45) is 17.5 Å². The topological polar surface area (TPSA) is 77.8 Å². The maximum atomic E-state index is 12.8. The number of aliphatic imine (C=N–C) groups is 1. The molecular weight excluding hydrogens is 366 g/mol. The molecule has 0 bridgehead atoms. The van der Waals surface area contributed by atoms with E-state index >= 15 is 0 Å². The van der Waals surface area contributed by atoms with Crippen LogP contribution in [-0.4, -0.2) is 72.9 Å². The van der Waals surface area contributed by atoms with Gasteiger partial charge in [0.2, 0.25) is 5.91 Å². The molecule has 3 rings (SSSR count). The normalized spacial score (nSPS) is 21.9. The first-order chi connectivity index (χ1) is 13.9. The van der Waals surface area contributed by atoms with Crippen molar-refractivity contribution in [3.05, 3.63) is 12.4 Å². The monoisotopic (exact) mass is 403 g/mol. The molecule has 8 nitrogen and oxygen atoms in total. The SMILES string of the molecule is CCNC(=NCC1(C(=O)N(C)C)CCCC1)NC1CCCN(c2cnn(C)c2)C1. The van der Waals surface area contributed by atoms with Crippen molar-refractivity contribution in [2.75, 3.05) is 45.2 Å². The second kappa shape index (κ2) is 9.50. The first-order valence-electron chi connectivity index (χ1n) is 10.9. The molecule has 1 saturated heterocycles. The van der Waals surface area contributed by atoms with Crippen LogP contribution in [0.3, 0.4) is 0 Å². The first-order valence-corrected chi connectivity index (χ1v) is 10.9. The van der Waals surface area contributed by atoms with Crippen LogP contribution in [0.4, 0.5) is 5.69 Å². The quantitative estimate of drug-likeness (QED) is 0.557. The fourth-order valence-electron chi connectivity index (χ4n) is 4.61. The molecule has 1 aromatic rings. The number of carbonyl (C=O) groups is 1. The summed E-state index contributed by atoms with van der Waals surface area (Å²) in [6.45, 7) is 5.42. The number of aromatic nitrogens is 2. The highest BCUT2D eigenvalue weighted by Crippen LogP contribution is 2.39. The molecule has 29 heavy (non-hydrogen) atoms. The molecule has 2 aliphatic rings. The van der Waals surface area contributed by atoms with E-state index in [4.69, 9.17) is 4.99 Å². The van der Waals surface area contributed by atoms with Crippen LogP contribution >= 0.6 is 0 Å². The zero-order valence-electron chi connectivity index (χ0n) is 18.4. The molecule has 2 N–H and O–H groups in total. The fourth-order valence-corrected chi connectivity index (χ4v) is 4.61. The molecule has 2 heterocycles. The second-order valence-corrected chi connectivity index (χ2v) is 8.68. The summed E-state index contributed by atoms with van der Waals surface area (Å²) >= 11 is 0. The Morgan fingerprint density at radius 1 is 1.34 bits per heavy atom. The minimum Gasteiger partial charge on any atom is -0.367 e. The van der Waals surface area contributed by atoms with Gasteiger partial charge in [-0.05, 0) is 32.6 Å². The van der Waals surface area contributed by atoms with Crippen LogP contribution < -0.4 is 15.5 Å².